The summed E-state index contributed by atoms with van der Waals surface area (Å²) in [5, 5.41) is 15.5. The predicted octanol–water partition coefficient (Wildman–Crippen LogP) is 8.37. The quantitative estimate of drug-likeness (QED) is 0.216. The summed E-state index contributed by atoms with van der Waals surface area (Å²) < 4.78 is 34.6. The van der Waals surface area contributed by atoms with Crippen LogP contribution in [0.25, 0.3) is 39.3 Å². The molecule has 0 amide bonds. The van der Waals surface area contributed by atoms with Gasteiger partial charge in [-0.1, -0.05) is 24.3 Å². The van der Waals surface area contributed by atoms with Crippen LogP contribution in [0.5, 0.6) is 11.5 Å². The van der Waals surface area contributed by atoms with E-state index in [2.05, 4.69) is 0 Å². The van der Waals surface area contributed by atoms with Gasteiger partial charge in [-0.15, -0.1) is 0 Å². The maximum Gasteiger partial charge on any atom is 0.337 e. The molecule has 5 aromatic rings. The maximum absolute atomic E-state index is 14.3. The smallest absolute Gasteiger partial charge is 0.337 e. The van der Waals surface area contributed by atoms with Crippen LogP contribution in [0.3, 0.4) is 0 Å². The summed E-state index contributed by atoms with van der Waals surface area (Å²) in [5.41, 5.74) is 6.06. The standard InChI is InChI=1S/C37H38FN3O5/c1-22-12-14-28-30(18-22)44-16-7-6-8-17-45-31-20-26(38)13-15-27(31)24-10-9-11-25(19-24)29-21-32-39-23(2)33(34(28)41(32)40-29)35(36(42)43)46-37(3,4)5/h9-15,18-21,35H,6-8,16-17H2,1-5H3,(H,42,43). The third-order valence-electron chi connectivity index (χ3n) is 7.90. The number of hydrogen-bond acceptors (Lipinski definition) is 6. The van der Waals surface area contributed by atoms with Crippen molar-refractivity contribution < 1.29 is 28.5 Å². The van der Waals surface area contributed by atoms with Gasteiger partial charge in [-0.25, -0.2) is 18.7 Å². The first-order valence-electron chi connectivity index (χ1n) is 15.6. The van der Waals surface area contributed by atoms with Crippen LogP contribution in [0.15, 0.2) is 66.7 Å². The van der Waals surface area contributed by atoms with Crippen molar-refractivity contribution in [1.29, 1.82) is 0 Å². The second-order valence-electron chi connectivity index (χ2n) is 12.7. The van der Waals surface area contributed by atoms with E-state index in [0.717, 1.165) is 41.5 Å². The minimum atomic E-state index is -1.31. The molecular weight excluding hydrogens is 585 g/mol. The monoisotopic (exact) mass is 623 g/mol. The molecule has 46 heavy (non-hydrogen) atoms. The van der Waals surface area contributed by atoms with Crippen molar-refractivity contribution in [2.75, 3.05) is 13.2 Å². The Kier molecular flexibility index (Phi) is 8.53. The highest BCUT2D eigenvalue weighted by atomic mass is 19.1. The number of rotatable bonds is 3. The van der Waals surface area contributed by atoms with Gasteiger partial charge in [0.1, 0.15) is 17.3 Å². The van der Waals surface area contributed by atoms with Gasteiger partial charge in [-0.3, -0.25) is 0 Å². The molecule has 3 heterocycles. The average molecular weight is 624 g/mol. The number of ether oxygens (including phenoxy) is 3. The highest BCUT2D eigenvalue weighted by Crippen LogP contribution is 2.41. The van der Waals surface area contributed by atoms with E-state index in [1.807, 2.05) is 76.2 Å². The molecule has 1 aliphatic rings. The van der Waals surface area contributed by atoms with E-state index in [1.165, 1.54) is 12.1 Å². The number of halogens is 1. The van der Waals surface area contributed by atoms with E-state index >= 15 is 0 Å². The number of hydrogen-bond donors (Lipinski definition) is 1. The number of fused-ring (bicyclic) bond motifs is 8. The number of benzene rings is 3. The molecule has 0 saturated heterocycles. The third kappa shape index (κ3) is 6.46. The van der Waals surface area contributed by atoms with Crippen LogP contribution in [0.2, 0.25) is 0 Å². The van der Waals surface area contributed by atoms with Crippen molar-refractivity contribution in [2.45, 2.75) is 65.6 Å². The van der Waals surface area contributed by atoms with Gasteiger partial charge in [0.05, 0.1) is 30.2 Å². The number of aliphatic carboxylic acids is 1. The molecule has 1 atom stereocenters. The van der Waals surface area contributed by atoms with E-state index in [-0.39, 0.29) is 5.82 Å². The zero-order chi connectivity index (χ0) is 32.6. The van der Waals surface area contributed by atoms with E-state index in [9.17, 15) is 14.3 Å². The Labute approximate surface area is 267 Å². The third-order valence-corrected chi connectivity index (χ3v) is 7.90. The summed E-state index contributed by atoms with van der Waals surface area (Å²) in [6.45, 7) is 10.2. The second kappa shape index (κ2) is 12.6. The Bertz CT molecular complexity index is 1930. The van der Waals surface area contributed by atoms with E-state index in [0.29, 0.717) is 58.6 Å². The van der Waals surface area contributed by atoms with Gasteiger partial charge in [0.15, 0.2) is 11.8 Å². The second-order valence-corrected chi connectivity index (χ2v) is 12.7. The highest BCUT2D eigenvalue weighted by Gasteiger charge is 2.34. The van der Waals surface area contributed by atoms with Gasteiger partial charge >= 0.3 is 5.97 Å². The van der Waals surface area contributed by atoms with Gasteiger partial charge in [0.2, 0.25) is 0 Å². The average Bonchev–Trinajstić information content (AvgIpc) is 3.42. The molecular formula is C37H38FN3O5. The fourth-order valence-electron chi connectivity index (χ4n) is 5.82. The predicted molar refractivity (Wildman–Crippen MR) is 175 cm³/mol. The Balaban J connectivity index is 1.63. The Hall–Kier alpha value is -4.76. The van der Waals surface area contributed by atoms with Crippen molar-refractivity contribution in [1.82, 2.24) is 14.6 Å². The number of aryl methyl sites for hydroxylation is 2. The van der Waals surface area contributed by atoms with Crippen molar-refractivity contribution in [3.05, 3.63) is 89.4 Å². The van der Waals surface area contributed by atoms with Crippen molar-refractivity contribution in [3.8, 4) is 45.1 Å². The van der Waals surface area contributed by atoms with Crippen LogP contribution in [0, 0.1) is 19.7 Å². The number of carbonyl (C=O) groups is 1. The molecule has 6 rings (SSSR count). The molecule has 0 spiro atoms. The zero-order valence-electron chi connectivity index (χ0n) is 26.8. The molecule has 3 aromatic carbocycles. The number of nitrogens with zero attached hydrogens (tertiary/aromatic N) is 3. The van der Waals surface area contributed by atoms with Gasteiger partial charge in [0.25, 0.3) is 0 Å². The Morgan fingerprint density at radius 2 is 1.61 bits per heavy atom. The summed E-state index contributed by atoms with van der Waals surface area (Å²) in [7, 11) is 0. The highest BCUT2D eigenvalue weighted by molar-refractivity contribution is 5.83. The summed E-state index contributed by atoms with van der Waals surface area (Å²) in [6, 6.07) is 20.2. The molecule has 0 aliphatic carbocycles. The van der Waals surface area contributed by atoms with Crippen LogP contribution in [0.1, 0.15) is 63.0 Å². The van der Waals surface area contributed by atoms with Gasteiger partial charge < -0.3 is 19.3 Å². The van der Waals surface area contributed by atoms with E-state index < -0.39 is 17.7 Å². The normalized spacial score (nSPS) is 14.4. The van der Waals surface area contributed by atoms with E-state index in [4.69, 9.17) is 24.3 Å². The maximum atomic E-state index is 14.3. The molecule has 1 aliphatic heterocycles. The minimum absolute atomic E-state index is 0.361. The first kappa shape index (κ1) is 31.2. The number of aromatic nitrogens is 3. The lowest BCUT2D eigenvalue weighted by Gasteiger charge is -2.28. The van der Waals surface area contributed by atoms with Crippen LogP contribution in [-0.2, 0) is 9.53 Å². The molecule has 4 bridgehead atoms. The molecule has 1 N–H and O–H groups in total. The van der Waals surface area contributed by atoms with Gasteiger partial charge in [-0.2, -0.15) is 5.10 Å². The van der Waals surface area contributed by atoms with Crippen molar-refractivity contribution >= 4 is 11.6 Å². The minimum Gasteiger partial charge on any atom is -0.493 e. The van der Waals surface area contributed by atoms with Crippen LogP contribution in [-0.4, -0.2) is 44.5 Å². The molecule has 0 saturated carbocycles. The van der Waals surface area contributed by atoms with Crippen molar-refractivity contribution in [2.24, 2.45) is 0 Å². The first-order chi connectivity index (χ1) is 22.0. The fourth-order valence-corrected chi connectivity index (χ4v) is 5.82. The molecule has 0 fully saturated rings. The van der Waals surface area contributed by atoms with Crippen molar-refractivity contribution in [3.63, 3.8) is 0 Å². The SMILES string of the molecule is Cc1ccc2c(c1)OCCCCCOc1cc(F)ccc1-c1cccc(c1)-c1cc3nc(C)c(C(OC(C)(C)C)C(=O)O)c-2n3n1. The summed E-state index contributed by atoms with van der Waals surface area (Å²) >= 11 is 0. The van der Waals surface area contributed by atoms with E-state index in [1.54, 1.807) is 17.5 Å². The summed E-state index contributed by atoms with van der Waals surface area (Å²) in [4.78, 5) is 17.7. The number of carboxylic acid groups (broad SMARTS) is 1. The van der Waals surface area contributed by atoms with Gasteiger partial charge in [0, 0.05) is 40.1 Å². The van der Waals surface area contributed by atoms with Gasteiger partial charge in [-0.05, 0) is 95.3 Å². The molecule has 8 nitrogen and oxygen atoms in total. The largest absolute Gasteiger partial charge is 0.493 e. The molecule has 1 unspecified atom stereocenters. The van der Waals surface area contributed by atoms with Crippen LogP contribution < -0.4 is 9.47 Å². The molecule has 2 aromatic heterocycles. The lowest BCUT2D eigenvalue weighted by molar-refractivity contribution is -0.160. The zero-order valence-corrected chi connectivity index (χ0v) is 26.8. The summed E-state index contributed by atoms with van der Waals surface area (Å²) in [6.07, 6.45) is 1.07. The van der Waals surface area contributed by atoms with Crippen LogP contribution in [0.4, 0.5) is 4.39 Å². The lowest BCUT2D eigenvalue weighted by Crippen LogP contribution is -2.29. The molecule has 238 valence electrons. The summed E-state index contributed by atoms with van der Waals surface area (Å²) in [5.74, 6) is -0.382. The Morgan fingerprint density at radius 1 is 0.913 bits per heavy atom. The Morgan fingerprint density at radius 3 is 2.33 bits per heavy atom. The van der Waals surface area contributed by atoms with Crippen LogP contribution >= 0.6 is 0 Å². The molecule has 9 heteroatoms. The lowest BCUT2D eigenvalue weighted by atomic mass is 9.97. The fraction of sp³-hybridized carbons (Fsp3) is 0.324. The first-order valence-corrected chi connectivity index (χ1v) is 15.6. The molecule has 0 radical (unpaired) electrons. The topological polar surface area (TPSA) is 95.2 Å². The number of carboxylic acids is 1.